The molecule has 0 spiro atoms. The number of primary amides is 1. The maximum atomic E-state index is 10.5. The van der Waals surface area contributed by atoms with Crippen molar-refractivity contribution in [1.29, 1.82) is 0 Å². The molecule has 0 radical (unpaired) electrons. The molecule has 0 aliphatic carbocycles. The average Bonchev–Trinajstić information content (AvgIpc) is 2.48. The number of hydrogen-bond donors (Lipinski definition) is 2. The number of aromatic nitrogens is 2. The Bertz CT molecular complexity index is 384. The Hall–Kier alpha value is -1.36. The van der Waals surface area contributed by atoms with E-state index in [4.69, 9.17) is 5.73 Å². The summed E-state index contributed by atoms with van der Waals surface area (Å²) in [6, 6.07) is 0. The van der Waals surface area contributed by atoms with Gasteiger partial charge in [-0.05, 0) is 33.2 Å². The number of rotatable bonds is 7. The third kappa shape index (κ3) is 4.19. The van der Waals surface area contributed by atoms with Gasteiger partial charge in [-0.15, -0.1) is 0 Å². The van der Waals surface area contributed by atoms with E-state index >= 15 is 0 Å². The molecule has 0 aliphatic rings. The van der Waals surface area contributed by atoms with Crippen molar-refractivity contribution in [2.45, 2.75) is 39.7 Å². The molecule has 96 valence electrons. The van der Waals surface area contributed by atoms with Gasteiger partial charge in [0.1, 0.15) is 0 Å². The van der Waals surface area contributed by atoms with Crippen molar-refractivity contribution in [3.63, 3.8) is 0 Å². The van der Waals surface area contributed by atoms with Crippen LogP contribution in [0, 0.1) is 13.8 Å². The van der Waals surface area contributed by atoms with Gasteiger partial charge in [0, 0.05) is 31.3 Å². The van der Waals surface area contributed by atoms with Crippen LogP contribution in [-0.4, -0.2) is 22.2 Å². The van der Waals surface area contributed by atoms with E-state index < -0.39 is 0 Å². The minimum absolute atomic E-state index is 0.219. The molecule has 0 atom stereocenters. The second-order valence-electron chi connectivity index (χ2n) is 4.37. The predicted octanol–water partition coefficient (Wildman–Crippen LogP) is 0.782. The molecule has 1 rings (SSSR count). The Morgan fingerprint density at radius 2 is 2.12 bits per heavy atom. The van der Waals surface area contributed by atoms with E-state index in [2.05, 4.69) is 17.3 Å². The Morgan fingerprint density at radius 1 is 1.41 bits per heavy atom. The molecule has 0 bridgehead atoms. The van der Waals surface area contributed by atoms with Crippen LogP contribution >= 0.6 is 0 Å². The van der Waals surface area contributed by atoms with Gasteiger partial charge in [0.2, 0.25) is 5.91 Å². The van der Waals surface area contributed by atoms with E-state index in [1.54, 1.807) is 0 Å². The molecule has 17 heavy (non-hydrogen) atoms. The first kappa shape index (κ1) is 13.7. The standard InChI is InChI=1S/C12H22N4O/c1-9-11(10(2)16(3)15-9)8-14-7-5-4-6-12(13)17/h14H,4-8H2,1-3H3,(H2,13,17). The zero-order valence-electron chi connectivity index (χ0n) is 10.9. The number of nitrogens with zero attached hydrogens (tertiary/aromatic N) is 2. The number of aryl methyl sites for hydroxylation is 2. The fourth-order valence-corrected chi connectivity index (χ4v) is 1.84. The summed E-state index contributed by atoms with van der Waals surface area (Å²) in [6.45, 7) is 5.84. The highest BCUT2D eigenvalue weighted by Crippen LogP contribution is 2.11. The van der Waals surface area contributed by atoms with Crippen LogP contribution in [0.15, 0.2) is 0 Å². The van der Waals surface area contributed by atoms with Crippen LogP contribution in [0.4, 0.5) is 0 Å². The second kappa shape index (κ2) is 6.39. The summed E-state index contributed by atoms with van der Waals surface area (Å²) in [6.07, 6.45) is 2.31. The molecule has 0 saturated carbocycles. The molecule has 5 heteroatoms. The number of carbonyl (C=O) groups is 1. The van der Waals surface area contributed by atoms with Crippen molar-refractivity contribution >= 4 is 5.91 Å². The lowest BCUT2D eigenvalue weighted by Crippen LogP contribution is -2.17. The van der Waals surface area contributed by atoms with Crippen molar-refractivity contribution in [1.82, 2.24) is 15.1 Å². The summed E-state index contributed by atoms with van der Waals surface area (Å²) in [5, 5.41) is 7.73. The lowest BCUT2D eigenvalue weighted by Gasteiger charge is -2.05. The van der Waals surface area contributed by atoms with Crippen LogP contribution < -0.4 is 11.1 Å². The van der Waals surface area contributed by atoms with Crippen LogP contribution in [0.2, 0.25) is 0 Å². The second-order valence-corrected chi connectivity index (χ2v) is 4.37. The van der Waals surface area contributed by atoms with E-state index in [1.165, 1.54) is 11.3 Å². The summed E-state index contributed by atoms with van der Waals surface area (Å²) in [5.41, 5.74) is 8.62. The number of unbranched alkanes of at least 4 members (excludes halogenated alkanes) is 1. The molecule has 1 amide bonds. The molecule has 0 unspecified atom stereocenters. The Labute approximate surface area is 102 Å². The Kier molecular flexibility index (Phi) is 5.15. The highest BCUT2D eigenvalue weighted by molar-refractivity contribution is 5.73. The first-order chi connectivity index (χ1) is 8.02. The molecular formula is C12H22N4O. The normalized spacial score (nSPS) is 10.8. The van der Waals surface area contributed by atoms with E-state index in [0.29, 0.717) is 6.42 Å². The molecule has 0 saturated heterocycles. The van der Waals surface area contributed by atoms with Crippen LogP contribution in [-0.2, 0) is 18.4 Å². The number of amides is 1. The minimum Gasteiger partial charge on any atom is -0.370 e. The third-order valence-electron chi connectivity index (χ3n) is 2.99. The summed E-state index contributed by atoms with van der Waals surface area (Å²) in [7, 11) is 1.96. The van der Waals surface area contributed by atoms with Crippen LogP contribution in [0.3, 0.4) is 0 Å². The largest absolute Gasteiger partial charge is 0.370 e. The molecule has 1 heterocycles. The number of nitrogens with one attached hydrogen (secondary N) is 1. The van der Waals surface area contributed by atoms with Gasteiger partial charge in [-0.2, -0.15) is 5.10 Å². The van der Waals surface area contributed by atoms with E-state index in [-0.39, 0.29) is 5.91 Å². The fraction of sp³-hybridized carbons (Fsp3) is 0.667. The molecular weight excluding hydrogens is 216 g/mol. The van der Waals surface area contributed by atoms with Crippen LogP contribution in [0.5, 0.6) is 0 Å². The number of hydrogen-bond acceptors (Lipinski definition) is 3. The van der Waals surface area contributed by atoms with E-state index in [0.717, 1.165) is 31.6 Å². The Balaban J connectivity index is 2.24. The summed E-state index contributed by atoms with van der Waals surface area (Å²) in [5.74, 6) is -0.219. The monoisotopic (exact) mass is 238 g/mol. The molecule has 0 fully saturated rings. The van der Waals surface area contributed by atoms with Gasteiger partial charge in [-0.1, -0.05) is 0 Å². The van der Waals surface area contributed by atoms with Gasteiger partial charge < -0.3 is 11.1 Å². The van der Waals surface area contributed by atoms with Gasteiger partial charge >= 0.3 is 0 Å². The molecule has 1 aromatic heterocycles. The number of carbonyl (C=O) groups excluding carboxylic acids is 1. The van der Waals surface area contributed by atoms with Gasteiger partial charge in [0.25, 0.3) is 0 Å². The first-order valence-electron chi connectivity index (χ1n) is 6.00. The molecule has 0 aromatic carbocycles. The van der Waals surface area contributed by atoms with Crippen LogP contribution in [0.1, 0.15) is 36.2 Å². The zero-order valence-corrected chi connectivity index (χ0v) is 10.9. The van der Waals surface area contributed by atoms with Gasteiger partial charge in [0.05, 0.1) is 5.69 Å². The predicted molar refractivity (Wildman–Crippen MR) is 67.4 cm³/mol. The van der Waals surface area contributed by atoms with Crippen molar-refractivity contribution < 1.29 is 4.79 Å². The maximum absolute atomic E-state index is 10.5. The lowest BCUT2D eigenvalue weighted by atomic mass is 10.2. The van der Waals surface area contributed by atoms with Gasteiger partial charge in [-0.3, -0.25) is 9.48 Å². The van der Waals surface area contributed by atoms with Gasteiger partial charge in [0.15, 0.2) is 0 Å². The smallest absolute Gasteiger partial charge is 0.217 e. The average molecular weight is 238 g/mol. The Morgan fingerprint density at radius 3 is 2.65 bits per heavy atom. The van der Waals surface area contributed by atoms with Crippen molar-refractivity contribution in [2.75, 3.05) is 6.54 Å². The molecule has 3 N–H and O–H groups in total. The SMILES string of the molecule is Cc1nn(C)c(C)c1CNCCCCC(N)=O. The molecule has 0 aliphatic heterocycles. The van der Waals surface area contributed by atoms with E-state index in [1.807, 2.05) is 18.7 Å². The summed E-state index contributed by atoms with van der Waals surface area (Å²) < 4.78 is 1.90. The maximum Gasteiger partial charge on any atom is 0.217 e. The quantitative estimate of drug-likeness (QED) is 0.689. The van der Waals surface area contributed by atoms with Crippen molar-refractivity contribution in [2.24, 2.45) is 12.8 Å². The third-order valence-corrected chi connectivity index (χ3v) is 2.99. The minimum atomic E-state index is -0.219. The van der Waals surface area contributed by atoms with Crippen LogP contribution in [0.25, 0.3) is 0 Å². The molecule has 1 aromatic rings. The zero-order chi connectivity index (χ0) is 12.8. The summed E-state index contributed by atoms with van der Waals surface area (Å²) >= 11 is 0. The highest BCUT2D eigenvalue weighted by Gasteiger charge is 2.07. The highest BCUT2D eigenvalue weighted by atomic mass is 16.1. The van der Waals surface area contributed by atoms with Crippen molar-refractivity contribution in [3.8, 4) is 0 Å². The van der Waals surface area contributed by atoms with Gasteiger partial charge in [-0.25, -0.2) is 0 Å². The topological polar surface area (TPSA) is 72.9 Å². The first-order valence-corrected chi connectivity index (χ1v) is 6.00. The number of nitrogens with two attached hydrogens (primary N) is 1. The fourth-order valence-electron chi connectivity index (χ4n) is 1.84. The van der Waals surface area contributed by atoms with E-state index in [9.17, 15) is 4.79 Å². The summed E-state index contributed by atoms with van der Waals surface area (Å²) in [4.78, 5) is 10.5. The molecule has 5 nitrogen and oxygen atoms in total. The lowest BCUT2D eigenvalue weighted by molar-refractivity contribution is -0.118. The van der Waals surface area contributed by atoms with Crippen molar-refractivity contribution in [3.05, 3.63) is 17.0 Å².